The largest absolute Gasteiger partial charge is 0.298 e. The molecule has 0 saturated heterocycles. The molecule has 1 unspecified atom stereocenters. The Balaban J connectivity index is 2.64. The summed E-state index contributed by atoms with van der Waals surface area (Å²) >= 11 is 12.3. The second kappa shape index (κ2) is 5.90. The quantitative estimate of drug-likeness (QED) is 0.765. The normalized spacial score (nSPS) is 13.6. The van der Waals surface area contributed by atoms with Gasteiger partial charge in [-0.25, -0.2) is 0 Å². The zero-order valence-electron chi connectivity index (χ0n) is 11.1. The van der Waals surface area contributed by atoms with Crippen molar-refractivity contribution in [2.75, 3.05) is 0 Å². The predicted octanol–water partition coefficient (Wildman–Crippen LogP) is 4.65. The van der Waals surface area contributed by atoms with Crippen molar-refractivity contribution >= 4 is 44.1 Å². The number of halogens is 2. The molecule has 0 N–H and O–H groups in total. The average Bonchev–Trinajstić information content (AvgIpc) is 2.42. The van der Waals surface area contributed by atoms with Crippen LogP contribution in [0, 0.1) is 0 Å². The summed E-state index contributed by atoms with van der Waals surface area (Å²) in [5, 5.41) is 1.76. The van der Waals surface area contributed by atoms with Crippen LogP contribution in [-0.2, 0) is 14.3 Å². The first-order valence-electron chi connectivity index (χ1n) is 6.17. The molecule has 0 heterocycles. The van der Waals surface area contributed by atoms with Gasteiger partial charge in [-0.15, -0.1) is 0 Å². The summed E-state index contributed by atoms with van der Waals surface area (Å²) in [6.45, 7) is 3.53. The third kappa shape index (κ3) is 2.93. The van der Waals surface area contributed by atoms with Crippen LogP contribution in [0.15, 0.2) is 35.2 Å². The summed E-state index contributed by atoms with van der Waals surface area (Å²) < 4.78 is 29.6. The van der Waals surface area contributed by atoms with Crippen LogP contribution in [0.2, 0.25) is 10.0 Å². The molecule has 0 aromatic heterocycles. The van der Waals surface area contributed by atoms with Gasteiger partial charge in [-0.05, 0) is 19.4 Å². The lowest BCUT2D eigenvalue weighted by molar-refractivity contribution is 0.224. The van der Waals surface area contributed by atoms with Crippen molar-refractivity contribution < 1.29 is 12.6 Å². The van der Waals surface area contributed by atoms with Crippen molar-refractivity contribution in [1.82, 2.24) is 0 Å². The molecule has 1 atom stereocenters. The van der Waals surface area contributed by atoms with Crippen LogP contribution < -0.4 is 0 Å². The molecule has 2 aromatic carbocycles. The number of rotatable bonds is 4. The fourth-order valence-electron chi connectivity index (χ4n) is 1.79. The molecular weight excluding hydrogens is 319 g/mol. The van der Waals surface area contributed by atoms with E-state index in [1.165, 1.54) is 6.07 Å². The molecule has 0 spiro atoms. The number of fused-ring (bicyclic) bond motifs is 1. The highest BCUT2D eigenvalue weighted by molar-refractivity contribution is 7.87. The molecule has 0 amide bonds. The van der Waals surface area contributed by atoms with E-state index in [4.69, 9.17) is 27.4 Å². The maximum absolute atomic E-state index is 12.3. The molecule has 2 rings (SSSR count). The molecule has 108 valence electrons. The van der Waals surface area contributed by atoms with E-state index in [0.29, 0.717) is 22.2 Å². The third-order valence-corrected chi connectivity index (χ3v) is 5.30. The first-order valence-corrected chi connectivity index (χ1v) is 8.33. The minimum absolute atomic E-state index is 0.0943. The van der Waals surface area contributed by atoms with Gasteiger partial charge in [-0.2, -0.15) is 8.42 Å². The maximum atomic E-state index is 12.3. The van der Waals surface area contributed by atoms with Gasteiger partial charge in [0.2, 0.25) is 0 Å². The van der Waals surface area contributed by atoms with E-state index in [2.05, 4.69) is 0 Å². The van der Waals surface area contributed by atoms with Gasteiger partial charge in [0.1, 0.15) is 4.90 Å². The highest BCUT2D eigenvalue weighted by atomic mass is 35.5. The van der Waals surface area contributed by atoms with Gasteiger partial charge in [0.15, 0.2) is 0 Å². The molecular formula is C14H14Cl2O3S. The molecule has 6 heteroatoms. The molecule has 0 aliphatic rings. The highest BCUT2D eigenvalue weighted by Gasteiger charge is 2.24. The topological polar surface area (TPSA) is 43.4 Å². The van der Waals surface area contributed by atoms with Crippen molar-refractivity contribution in [2.45, 2.75) is 31.3 Å². The van der Waals surface area contributed by atoms with Crippen molar-refractivity contribution in [3.63, 3.8) is 0 Å². The van der Waals surface area contributed by atoms with E-state index in [1.54, 1.807) is 25.1 Å². The van der Waals surface area contributed by atoms with Crippen LogP contribution in [0.1, 0.15) is 20.3 Å². The molecule has 20 heavy (non-hydrogen) atoms. The number of hydrogen-bond donors (Lipinski definition) is 0. The Kier molecular flexibility index (Phi) is 4.59. The molecule has 2 aromatic rings. The lowest BCUT2D eigenvalue weighted by Gasteiger charge is -2.13. The van der Waals surface area contributed by atoms with E-state index in [1.807, 2.05) is 13.0 Å². The zero-order chi connectivity index (χ0) is 14.9. The van der Waals surface area contributed by atoms with Gasteiger partial charge in [-0.1, -0.05) is 54.4 Å². The van der Waals surface area contributed by atoms with Crippen molar-refractivity contribution in [2.24, 2.45) is 0 Å². The molecule has 0 radical (unpaired) electrons. The summed E-state index contributed by atoms with van der Waals surface area (Å²) in [5.41, 5.74) is 0. The first kappa shape index (κ1) is 15.6. The van der Waals surface area contributed by atoms with Gasteiger partial charge < -0.3 is 0 Å². The Morgan fingerprint density at radius 3 is 2.40 bits per heavy atom. The zero-order valence-corrected chi connectivity index (χ0v) is 13.4. The first-order chi connectivity index (χ1) is 9.36. The third-order valence-electron chi connectivity index (χ3n) is 3.03. The Morgan fingerprint density at radius 2 is 1.80 bits per heavy atom. The van der Waals surface area contributed by atoms with Gasteiger partial charge in [-0.3, -0.25) is 4.18 Å². The lowest BCUT2D eigenvalue weighted by atomic mass is 10.1. The summed E-state index contributed by atoms with van der Waals surface area (Å²) in [5.74, 6) is 0. The predicted molar refractivity (Wildman–Crippen MR) is 82.0 cm³/mol. The van der Waals surface area contributed by atoms with Crippen molar-refractivity contribution in [3.05, 3.63) is 40.4 Å². The van der Waals surface area contributed by atoms with Gasteiger partial charge in [0.25, 0.3) is 10.1 Å². The highest BCUT2D eigenvalue weighted by Crippen LogP contribution is 2.36. The Morgan fingerprint density at radius 1 is 1.20 bits per heavy atom. The molecule has 0 aliphatic heterocycles. The average molecular weight is 333 g/mol. The van der Waals surface area contributed by atoms with Crippen LogP contribution in [-0.4, -0.2) is 14.5 Å². The Labute approximate surface area is 128 Å². The summed E-state index contributed by atoms with van der Waals surface area (Å²) in [4.78, 5) is -0.0943. The van der Waals surface area contributed by atoms with Crippen LogP contribution >= 0.6 is 23.2 Å². The molecule has 3 nitrogen and oxygen atoms in total. The molecule has 0 saturated carbocycles. The van der Waals surface area contributed by atoms with Gasteiger partial charge >= 0.3 is 0 Å². The van der Waals surface area contributed by atoms with E-state index in [0.717, 1.165) is 0 Å². The van der Waals surface area contributed by atoms with Crippen LogP contribution in [0.4, 0.5) is 0 Å². The number of hydrogen-bond acceptors (Lipinski definition) is 3. The van der Waals surface area contributed by atoms with Crippen molar-refractivity contribution in [3.8, 4) is 0 Å². The second-order valence-electron chi connectivity index (χ2n) is 4.49. The molecule has 0 bridgehead atoms. The van der Waals surface area contributed by atoms with Crippen molar-refractivity contribution in [1.29, 1.82) is 0 Å². The van der Waals surface area contributed by atoms with E-state index >= 15 is 0 Å². The van der Waals surface area contributed by atoms with E-state index in [-0.39, 0.29) is 9.92 Å². The maximum Gasteiger partial charge on any atom is 0.298 e. The SMILES string of the molecule is CCC(C)OS(=O)(=O)c1cc(Cl)c2ccccc2c1Cl. The minimum atomic E-state index is -3.93. The molecule has 0 fully saturated rings. The van der Waals surface area contributed by atoms with Crippen LogP contribution in [0.3, 0.4) is 0 Å². The summed E-state index contributed by atoms with van der Waals surface area (Å²) in [6.07, 6.45) is 0.166. The summed E-state index contributed by atoms with van der Waals surface area (Å²) in [7, 11) is -3.93. The lowest BCUT2D eigenvalue weighted by Crippen LogP contribution is -2.15. The fraction of sp³-hybridized carbons (Fsp3) is 0.286. The van der Waals surface area contributed by atoms with Gasteiger partial charge in [0.05, 0.1) is 11.1 Å². The second-order valence-corrected chi connectivity index (χ2v) is 6.81. The van der Waals surface area contributed by atoms with E-state index < -0.39 is 16.2 Å². The standard InChI is InChI=1S/C14H14Cl2O3S/c1-3-9(2)19-20(17,18)13-8-12(15)10-6-4-5-7-11(10)14(13)16/h4-9H,3H2,1-2H3. The van der Waals surface area contributed by atoms with E-state index in [9.17, 15) is 8.42 Å². The fourth-order valence-corrected chi connectivity index (χ4v) is 3.90. The Hall–Kier alpha value is -0.810. The number of benzene rings is 2. The smallest absolute Gasteiger partial charge is 0.263 e. The van der Waals surface area contributed by atoms with Crippen LogP contribution in [0.25, 0.3) is 10.8 Å². The van der Waals surface area contributed by atoms with Crippen LogP contribution in [0.5, 0.6) is 0 Å². The van der Waals surface area contributed by atoms with Gasteiger partial charge in [0, 0.05) is 15.8 Å². The molecule has 0 aliphatic carbocycles. The monoisotopic (exact) mass is 332 g/mol. The summed E-state index contributed by atoms with van der Waals surface area (Å²) in [6, 6.07) is 8.44. The minimum Gasteiger partial charge on any atom is -0.263 e. The Bertz CT molecular complexity index is 741.